The maximum atomic E-state index is 14.1. The Morgan fingerprint density at radius 2 is 1.34 bits per heavy atom. The minimum absolute atomic E-state index is 0.0222. The highest BCUT2D eigenvalue weighted by Crippen LogP contribution is 2.29. The van der Waals surface area contributed by atoms with Gasteiger partial charge in [-0.25, -0.2) is 4.98 Å². The summed E-state index contributed by atoms with van der Waals surface area (Å²) in [5, 5.41) is 3.30. The summed E-state index contributed by atoms with van der Waals surface area (Å²) in [7, 11) is 0. The van der Waals surface area contributed by atoms with Crippen LogP contribution in [-0.4, -0.2) is 69.5 Å². The minimum atomic E-state index is -4.51. The zero-order valence-electron chi connectivity index (χ0n) is 26.6. The molecule has 0 fully saturated rings. The van der Waals surface area contributed by atoms with Crippen molar-refractivity contribution in [2.24, 2.45) is 0 Å². The summed E-state index contributed by atoms with van der Waals surface area (Å²) in [6.45, 7) is -1.36. The maximum Gasteiger partial charge on any atom is 0.416 e. The Morgan fingerprint density at radius 3 is 2.04 bits per heavy atom. The predicted molar refractivity (Wildman–Crippen MR) is 181 cm³/mol. The molecule has 1 aliphatic heterocycles. The van der Waals surface area contributed by atoms with Gasteiger partial charge in [0.15, 0.2) is 0 Å². The molecule has 14 heteroatoms. The molecular formula is C36H32Cl2F3N5O4. The first-order valence-electron chi connectivity index (χ1n) is 15.6. The van der Waals surface area contributed by atoms with Gasteiger partial charge in [0.25, 0.3) is 5.91 Å². The van der Waals surface area contributed by atoms with Crippen molar-refractivity contribution in [3.63, 3.8) is 0 Å². The van der Waals surface area contributed by atoms with E-state index < -0.39 is 48.5 Å². The average Bonchev–Trinajstić information content (AvgIpc) is 3.09. The van der Waals surface area contributed by atoms with E-state index in [9.17, 15) is 32.3 Å². The SMILES string of the molecule is O=C1CN(Cc2ccc(Cl)c(Cl)c2)C(=O)CN(CCc2ccc(C(F)(F)F)cc2)C(=O)CN(Cc2ccccc2)C(=O)c2cccc(n2)CN1. The number of hydrogen-bond acceptors (Lipinski definition) is 5. The van der Waals surface area contributed by atoms with Crippen molar-refractivity contribution >= 4 is 46.8 Å². The van der Waals surface area contributed by atoms with E-state index in [4.69, 9.17) is 23.2 Å². The normalized spacial score (nSPS) is 15.1. The number of benzene rings is 3. The summed E-state index contributed by atoms with van der Waals surface area (Å²) < 4.78 is 39.5. The lowest BCUT2D eigenvalue weighted by Gasteiger charge is -2.30. The van der Waals surface area contributed by atoms with Gasteiger partial charge in [0.05, 0.1) is 40.9 Å². The zero-order valence-corrected chi connectivity index (χ0v) is 28.1. The van der Waals surface area contributed by atoms with E-state index in [0.717, 1.165) is 17.7 Å². The van der Waals surface area contributed by atoms with Crippen LogP contribution in [0.4, 0.5) is 13.2 Å². The van der Waals surface area contributed by atoms with Crippen molar-refractivity contribution in [3.05, 3.63) is 135 Å². The number of nitrogens with zero attached hydrogens (tertiary/aromatic N) is 4. The van der Waals surface area contributed by atoms with E-state index in [1.165, 1.54) is 32.9 Å². The number of nitrogens with one attached hydrogen (secondary N) is 1. The minimum Gasteiger partial charge on any atom is -0.349 e. The summed E-state index contributed by atoms with van der Waals surface area (Å²) in [5.41, 5.74) is 1.46. The molecule has 50 heavy (non-hydrogen) atoms. The highest BCUT2D eigenvalue weighted by molar-refractivity contribution is 6.42. The standard InChI is InChI=1S/C36H32Cl2F3N5O4/c37-29-14-11-26(17-30(29)38)20-45-21-32(47)42-18-28-7-4-8-31(43-28)35(50)46(19-25-5-2-1-3-6-25)23-33(48)44(22-34(45)49)16-15-24-9-12-27(13-10-24)36(39,40)41/h1-14,17H,15-16,18-23H2,(H,42,47). The van der Waals surface area contributed by atoms with E-state index in [-0.39, 0.29) is 49.9 Å². The molecule has 0 saturated carbocycles. The third kappa shape index (κ3) is 9.82. The van der Waals surface area contributed by atoms with Crippen LogP contribution < -0.4 is 5.32 Å². The van der Waals surface area contributed by atoms with Crippen molar-refractivity contribution in [3.8, 4) is 0 Å². The summed E-state index contributed by atoms with van der Waals surface area (Å²) in [4.78, 5) is 63.3. The molecule has 3 aromatic carbocycles. The van der Waals surface area contributed by atoms with Crippen LogP contribution in [0.5, 0.6) is 0 Å². The molecule has 4 aromatic rings. The Kier molecular flexibility index (Phi) is 11.8. The van der Waals surface area contributed by atoms with Gasteiger partial charge in [-0.2, -0.15) is 13.2 Å². The van der Waals surface area contributed by atoms with Crippen LogP contribution in [0.3, 0.4) is 0 Å². The Balaban J connectivity index is 1.49. The van der Waals surface area contributed by atoms with Crippen LogP contribution in [0.25, 0.3) is 0 Å². The number of aromatic nitrogens is 1. The first kappa shape index (κ1) is 36.3. The number of fused-ring (bicyclic) bond motifs is 2. The monoisotopic (exact) mass is 725 g/mol. The van der Waals surface area contributed by atoms with E-state index >= 15 is 0 Å². The van der Waals surface area contributed by atoms with Crippen LogP contribution in [0, 0.1) is 0 Å². The molecule has 0 saturated heterocycles. The molecule has 1 N–H and O–H groups in total. The van der Waals surface area contributed by atoms with Crippen molar-refractivity contribution in [2.75, 3.05) is 26.2 Å². The Hall–Kier alpha value is -4.94. The number of pyridine rings is 1. The van der Waals surface area contributed by atoms with Gasteiger partial charge in [0.1, 0.15) is 12.2 Å². The summed E-state index contributed by atoms with van der Waals surface area (Å²) in [6, 6.07) is 23.1. The second kappa shape index (κ2) is 16.2. The maximum absolute atomic E-state index is 14.1. The van der Waals surface area contributed by atoms with Gasteiger partial charge >= 0.3 is 6.18 Å². The van der Waals surface area contributed by atoms with Gasteiger partial charge in [0, 0.05) is 19.6 Å². The fraction of sp³-hybridized carbons (Fsp3) is 0.250. The van der Waals surface area contributed by atoms with Gasteiger partial charge in [-0.05, 0) is 59.5 Å². The Morgan fingerprint density at radius 1 is 0.680 bits per heavy atom. The summed E-state index contributed by atoms with van der Waals surface area (Å²) in [5.74, 6) is -2.22. The molecule has 0 aliphatic carbocycles. The lowest BCUT2D eigenvalue weighted by atomic mass is 10.1. The van der Waals surface area contributed by atoms with Crippen LogP contribution in [0.15, 0.2) is 91.0 Å². The molecule has 0 unspecified atom stereocenters. The first-order chi connectivity index (χ1) is 23.9. The van der Waals surface area contributed by atoms with Gasteiger partial charge in [-0.15, -0.1) is 0 Å². The molecule has 260 valence electrons. The van der Waals surface area contributed by atoms with E-state index in [1.54, 1.807) is 54.6 Å². The van der Waals surface area contributed by atoms with Crippen molar-refractivity contribution in [1.82, 2.24) is 25.0 Å². The number of amides is 4. The smallest absolute Gasteiger partial charge is 0.349 e. The van der Waals surface area contributed by atoms with Gasteiger partial charge < -0.3 is 20.0 Å². The molecule has 1 aromatic heterocycles. The largest absolute Gasteiger partial charge is 0.416 e. The van der Waals surface area contributed by atoms with Crippen molar-refractivity contribution in [1.29, 1.82) is 0 Å². The topological polar surface area (TPSA) is 103 Å². The molecule has 0 atom stereocenters. The third-order valence-electron chi connectivity index (χ3n) is 8.00. The quantitative estimate of drug-likeness (QED) is 0.260. The van der Waals surface area contributed by atoms with Gasteiger partial charge in [-0.1, -0.05) is 77.8 Å². The van der Waals surface area contributed by atoms with E-state index in [1.807, 2.05) is 6.07 Å². The summed E-state index contributed by atoms with van der Waals surface area (Å²) in [6.07, 6.45) is -4.40. The van der Waals surface area contributed by atoms with Crippen molar-refractivity contribution < 1.29 is 32.3 Å². The van der Waals surface area contributed by atoms with E-state index in [0.29, 0.717) is 21.8 Å². The molecule has 9 nitrogen and oxygen atoms in total. The first-order valence-corrected chi connectivity index (χ1v) is 16.3. The van der Waals surface area contributed by atoms with Crippen LogP contribution in [0.1, 0.15) is 38.4 Å². The van der Waals surface area contributed by atoms with Gasteiger partial charge in [-0.3, -0.25) is 19.2 Å². The van der Waals surface area contributed by atoms with Gasteiger partial charge in [0.2, 0.25) is 17.7 Å². The second-order valence-electron chi connectivity index (χ2n) is 11.7. The molecule has 5 rings (SSSR count). The lowest BCUT2D eigenvalue weighted by Crippen LogP contribution is -2.49. The lowest BCUT2D eigenvalue weighted by molar-refractivity contribution is -0.142. The van der Waals surface area contributed by atoms with Crippen molar-refractivity contribution in [2.45, 2.75) is 32.2 Å². The Labute approximate surface area is 296 Å². The van der Waals surface area contributed by atoms with Crippen LogP contribution in [-0.2, 0) is 46.6 Å². The number of alkyl halides is 3. The number of carbonyl (C=O) groups excluding carboxylic acids is 4. The average molecular weight is 727 g/mol. The number of rotatable bonds is 7. The van der Waals surface area contributed by atoms with Crippen LogP contribution >= 0.6 is 23.2 Å². The van der Waals surface area contributed by atoms with Crippen LogP contribution in [0.2, 0.25) is 10.0 Å². The zero-order chi connectivity index (χ0) is 35.8. The third-order valence-corrected chi connectivity index (χ3v) is 8.74. The van der Waals surface area contributed by atoms with E-state index in [2.05, 4.69) is 10.3 Å². The number of halogens is 5. The summed E-state index contributed by atoms with van der Waals surface area (Å²) >= 11 is 12.3. The molecule has 0 radical (unpaired) electrons. The highest BCUT2D eigenvalue weighted by atomic mass is 35.5. The molecule has 2 heterocycles. The molecule has 1 aliphatic rings. The molecular weight excluding hydrogens is 694 g/mol. The fourth-order valence-electron chi connectivity index (χ4n) is 5.31. The second-order valence-corrected chi connectivity index (χ2v) is 12.5. The number of carbonyl (C=O) groups is 4. The Bertz CT molecular complexity index is 1860. The highest BCUT2D eigenvalue weighted by Gasteiger charge is 2.31. The number of hydrogen-bond donors (Lipinski definition) is 1. The predicted octanol–water partition coefficient (Wildman–Crippen LogP) is 5.78. The molecule has 2 bridgehead atoms. The fourth-order valence-corrected chi connectivity index (χ4v) is 5.64. The molecule has 4 amide bonds. The molecule has 0 spiro atoms.